The summed E-state index contributed by atoms with van der Waals surface area (Å²) in [5.41, 5.74) is 4.08. The van der Waals surface area contributed by atoms with E-state index >= 15 is 0 Å². The van der Waals surface area contributed by atoms with Crippen molar-refractivity contribution in [1.29, 1.82) is 0 Å². The van der Waals surface area contributed by atoms with Crippen LogP contribution in [0.25, 0.3) is 17.2 Å². The van der Waals surface area contributed by atoms with Crippen molar-refractivity contribution in [3.63, 3.8) is 0 Å². The smallest absolute Gasteiger partial charge is 0.123 e. The van der Waals surface area contributed by atoms with Gasteiger partial charge >= 0.3 is 0 Å². The zero-order valence-corrected chi connectivity index (χ0v) is 9.94. The van der Waals surface area contributed by atoms with E-state index in [2.05, 4.69) is 11.1 Å². The molecule has 1 heterocycles. The average molecular weight is 227 g/mol. The molecule has 1 aromatic heterocycles. The van der Waals surface area contributed by atoms with Crippen molar-refractivity contribution in [1.82, 2.24) is 4.98 Å². The van der Waals surface area contributed by atoms with Crippen molar-refractivity contribution >= 4 is 6.08 Å². The van der Waals surface area contributed by atoms with Gasteiger partial charge < -0.3 is 0 Å². The summed E-state index contributed by atoms with van der Waals surface area (Å²) in [4.78, 5) is 4.39. The van der Waals surface area contributed by atoms with Crippen LogP contribution in [0.1, 0.15) is 18.2 Å². The Labute approximate surface area is 101 Å². The maximum atomic E-state index is 12.8. The van der Waals surface area contributed by atoms with Crippen LogP contribution in [-0.4, -0.2) is 4.98 Å². The summed E-state index contributed by atoms with van der Waals surface area (Å²) < 4.78 is 12.8. The van der Waals surface area contributed by atoms with Crippen LogP contribution in [0.15, 0.2) is 42.6 Å². The first kappa shape index (κ1) is 11.5. The molecule has 2 heteroatoms. The maximum Gasteiger partial charge on any atom is 0.123 e. The van der Waals surface area contributed by atoms with Gasteiger partial charge in [-0.1, -0.05) is 18.2 Å². The van der Waals surface area contributed by atoms with E-state index in [1.165, 1.54) is 12.1 Å². The van der Waals surface area contributed by atoms with Gasteiger partial charge in [-0.15, -0.1) is 0 Å². The molecule has 0 bridgehead atoms. The monoisotopic (exact) mass is 227 g/mol. The molecule has 0 unspecified atom stereocenters. The standard InChI is InChI=1S/C15H14FN/c1-3-4-15-11(2)9-13(10-17-15)12-5-7-14(16)8-6-12/h3-10H,1-2H3/b4-3-. The van der Waals surface area contributed by atoms with Gasteiger partial charge in [-0.2, -0.15) is 0 Å². The molecule has 0 N–H and O–H groups in total. The Hall–Kier alpha value is -1.96. The molecular weight excluding hydrogens is 213 g/mol. The zero-order chi connectivity index (χ0) is 12.3. The lowest BCUT2D eigenvalue weighted by Crippen LogP contribution is -1.88. The summed E-state index contributed by atoms with van der Waals surface area (Å²) >= 11 is 0. The normalized spacial score (nSPS) is 11.0. The predicted octanol–water partition coefficient (Wildman–Crippen LogP) is 4.23. The molecule has 0 fully saturated rings. The maximum absolute atomic E-state index is 12.8. The zero-order valence-electron chi connectivity index (χ0n) is 9.94. The highest BCUT2D eigenvalue weighted by Gasteiger charge is 2.01. The fourth-order valence-electron chi connectivity index (χ4n) is 1.72. The molecule has 0 aliphatic rings. The number of pyridine rings is 1. The van der Waals surface area contributed by atoms with Crippen LogP contribution in [0.2, 0.25) is 0 Å². The first-order valence-corrected chi connectivity index (χ1v) is 5.56. The number of halogens is 1. The van der Waals surface area contributed by atoms with Crippen LogP contribution in [0.4, 0.5) is 4.39 Å². The van der Waals surface area contributed by atoms with Crippen molar-refractivity contribution in [2.24, 2.45) is 0 Å². The highest BCUT2D eigenvalue weighted by molar-refractivity contribution is 5.65. The molecule has 2 rings (SSSR count). The van der Waals surface area contributed by atoms with Crippen LogP contribution < -0.4 is 0 Å². The van der Waals surface area contributed by atoms with Gasteiger partial charge in [0.2, 0.25) is 0 Å². The minimum Gasteiger partial charge on any atom is -0.256 e. The van der Waals surface area contributed by atoms with Gasteiger partial charge in [0.1, 0.15) is 5.82 Å². The molecule has 0 amide bonds. The van der Waals surface area contributed by atoms with Gasteiger partial charge in [0.15, 0.2) is 0 Å². The highest BCUT2D eigenvalue weighted by atomic mass is 19.1. The molecule has 0 saturated heterocycles. The first-order chi connectivity index (χ1) is 8.20. The number of hydrogen-bond acceptors (Lipinski definition) is 1. The number of nitrogens with zero attached hydrogens (tertiary/aromatic N) is 1. The molecule has 1 nitrogen and oxygen atoms in total. The molecule has 17 heavy (non-hydrogen) atoms. The Morgan fingerprint density at radius 3 is 2.41 bits per heavy atom. The number of allylic oxidation sites excluding steroid dienone is 1. The van der Waals surface area contributed by atoms with Gasteiger partial charge in [0.25, 0.3) is 0 Å². The number of hydrogen-bond donors (Lipinski definition) is 0. The molecule has 2 aromatic rings. The average Bonchev–Trinajstić information content (AvgIpc) is 2.33. The molecule has 0 atom stereocenters. The van der Waals surface area contributed by atoms with Crippen molar-refractivity contribution in [2.45, 2.75) is 13.8 Å². The van der Waals surface area contributed by atoms with E-state index in [1.807, 2.05) is 32.2 Å². The molecule has 0 radical (unpaired) electrons. The van der Waals surface area contributed by atoms with Crippen LogP contribution >= 0.6 is 0 Å². The highest BCUT2D eigenvalue weighted by Crippen LogP contribution is 2.21. The van der Waals surface area contributed by atoms with E-state index < -0.39 is 0 Å². The molecule has 0 spiro atoms. The Kier molecular flexibility index (Phi) is 3.33. The van der Waals surface area contributed by atoms with E-state index in [0.29, 0.717) is 0 Å². The fraction of sp³-hybridized carbons (Fsp3) is 0.133. The summed E-state index contributed by atoms with van der Waals surface area (Å²) in [5.74, 6) is -0.219. The lowest BCUT2D eigenvalue weighted by molar-refractivity contribution is 0.628. The van der Waals surface area contributed by atoms with Gasteiger partial charge in [0, 0.05) is 11.8 Å². The third-order valence-corrected chi connectivity index (χ3v) is 2.62. The Balaban J connectivity index is 2.40. The van der Waals surface area contributed by atoms with E-state index in [4.69, 9.17) is 0 Å². The Morgan fingerprint density at radius 1 is 1.12 bits per heavy atom. The van der Waals surface area contributed by atoms with Crippen molar-refractivity contribution in [3.8, 4) is 11.1 Å². The fourth-order valence-corrected chi connectivity index (χ4v) is 1.72. The minimum absolute atomic E-state index is 0.219. The summed E-state index contributed by atoms with van der Waals surface area (Å²) in [6.45, 7) is 3.99. The van der Waals surface area contributed by atoms with Crippen molar-refractivity contribution in [3.05, 3.63) is 59.7 Å². The number of aromatic nitrogens is 1. The van der Waals surface area contributed by atoms with E-state index in [9.17, 15) is 4.39 Å². The predicted molar refractivity (Wildman–Crippen MR) is 69.1 cm³/mol. The minimum atomic E-state index is -0.219. The second-order valence-electron chi connectivity index (χ2n) is 3.93. The van der Waals surface area contributed by atoms with Crippen LogP contribution in [-0.2, 0) is 0 Å². The number of benzene rings is 1. The second kappa shape index (κ2) is 4.91. The number of aryl methyl sites for hydroxylation is 1. The third-order valence-electron chi connectivity index (χ3n) is 2.62. The summed E-state index contributed by atoms with van der Waals surface area (Å²) in [7, 11) is 0. The number of rotatable bonds is 2. The Morgan fingerprint density at radius 2 is 1.82 bits per heavy atom. The first-order valence-electron chi connectivity index (χ1n) is 5.56. The molecule has 1 aromatic carbocycles. The van der Waals surface area contributed by atoms with Crippen LogP contribution in [0, 0.1) is 12.7 Å². The topological polar surface area (TPSA) is 12.9 Å². The Bertz CT molecular complexity index is 541. The summed E-state index contributed by atoms with van der Waals surface area (Å²) in [5, 5.41) is 0. The van der Waals surface area contributed by atoms with Crippen LogP contribution in [0.5, 0.6) is 0 Å². The van der Waals surface area contributed by atoms with Crippen molar-refractivity contribution in [2.75, 3.05) is 0 Å². The van der Waals surface area contributed by atoms with Gasteiger partial charge in [-0.05, 0) is 49.2 Å². The molecule has 0 aliphatic heterocycles. The lowest BCUT2D eigenvalue weighted by atomic mass is 10.0. The third kappa shape index (κ3) is 2.59. The summed E-state index contributed by atoms with van der Waals surface area (Å²) in [6, 6.07) is 8.52. The van der Waals surface area contributed by atoms with E-state index in [0.717, 1.165) is 22.4 Å². The van der Waals surface area contributed by atoms with Crippen LogP contribution in [0.3, 0.4) is 0 Å². The van der Waals surface area contributed by atoms with E-state index in [1.54, 1.807) is 12.1 Å². The van der Waals surface area contributed by atoms with Gasteiger partial charge in [0.05, 0.1) is 5.69 Å². The second-order valence-corrected chi connectivity index (χ2v) is 3.93. The molecule has 0 saturated carbocycles. The van der Waals surface area contributed by atoms with E-state index in [-0.39, 0.29) is 5.82 Å². The lowest BCUT2D eigenvalue weighted by Gasteiger charge is -2.05. The molecular formula is C15H14FN. The summed E-state index contributed by atoms with van der Waals surface area (Å²) in [6.07, 6.45) is 5.76. The SMILES string of the molecule is C/C=C\c1ncc(-c2ccc(F)cc2)cc1C. The van der Waals surface area contributed by atoms with Gasteiger partial charge in [-0.25, -0.2) is 4.39 Å². The largest absolute Gasteiger partial charge is 0.256 e. The van der Waals surface area contributed by atoms with Gasteiger partial charge in [-0.3, -0.25) is 4.98 Å². The van der Waals surface area contributed by atoms with Crippen molar-refractivity contribution < 1.29 is 4.39 Å². The quantitative estimate of drug-likeness (QED) is 0.748. The molecule has 0 aliphatic carbocycles. The molecule has 86 valence electrons.